The van der Waals surface area contributed by atoms with E-state index in [1.807, 2.05) is 28.8 Å². The van der Waals surface area contributed by atoms with E-state index >= 15 is 0 Å². The molecule has 0 spiro atoms. The lowest BCUT2D eigenvalue weighted by atomic mass is 9.97. The summed E-state index contributed by atoms with van der Waals surface area (Å²) in [6.07, 6.45) is 5.39. The van der Waals surface area contributed by atoms with Gasteiger partial charge in [0, 0.05) is 21.1 Å². The fraction of sp³-hybridized carbons (Fsp3) is 0.455. The molecule has 0 unspecified atom stereocenters. The standard InChI is InChI=1S/C22H25BrN2O2S2/c1-3-14(2)25-21(26)19-17-6-4-5-7-18(17)29-20(19)24-22(25)28-13-12-27-16-10-8-15(23)9-11-16/h8-11,14H,3-7,12-13H2,1-2H3/t14-/m0/s1. The van der Waals surface area contributed by atoms with E-state index in [4.69, 9.17) is 9.72 Å². The molecule has 0 radical (unpaired) electrons. The molecule has 154 valence electrons. The maximum absolute atomic E-state index is 13.4. The summed E-state index contributed by atoms with van der Waals surface area (Å²) < 4.78 is 8.79. The van der Waals surface area contributed by atoms with Crippen LogP contribution in [0.3, 0.4) is 0 Å². The summed E-state index contributed by atoms with van der Waals surface area (Å²) in [6, 6.07) is 7.97. The highest BCUT2D eigenvalue weighted by Crippen LogP contribution is 2.35. The normalized spacial score (nSPS) is 14.7. The number of ether oxygens (including phenoxy) is 1. The summed E-state index contributed by atoms with van der Waals surface area (Å²) in [5.74, 6) is 1.60. The predicted molar refractivity (Wildman–Crippen MR) is 126 cm³/mol. The van der Waals surface area contributed by atoms with Gasteiger partial charge in [-0.25, -0.2) is 4.98 Å². The molecule has 3 aromatic rings. The van der Waals surface area contributed by atoms with Crippen LogP contribution in [0.25, 0.3) is 10.2 Å². The third kappa shape index (κ3) is 4.42. The molecular weight excluding hydrogens is 468 g/mol. The Morgan fingerprint density at radius 1 is 1.28 bits per heavy atom. The number of rotatable bonds is 7. The van der Waals surface area contributed by atoms with E-state index in [9.17, 15) is 4.79 Å². The highest BCUT2D eigenvalue weighted by molar-refractivity contribution is 9.10. The topological polar surface area (TPSA) is 44.1 Å². The van der Waals surface area contributed by atoms with E-state index in [0.29, 0.717) is 6.61 Å². The number of fused-ring (bicyclic) bond motifs is 3. The monoisotopic (exact) mass is 492 g/mol. The Hall–Kier alpha value is -1.31. The lowest BCUT2D eigenvalue weighted by molar-refractivity contribution is 0.343. The number of nitrogens with zero attached hydrogens (tertiary/aromatic N) is 2. The summed E-state index contributed by atoms with van der Waals surface area (Å²) in [4.78, 5) is 20.7. The average Bonchev–Trinajstić information content (AvgIpc) is 3.10. The third-order valence-corrected chi connectivity index (χ3v) is 8.05. The number of halogens is 1. The van der Waals surface area contributed by atoms with Crippen molar-refractivity contribution < 1.29 is 4.74 Å². The van der Waals surface area contributed by atoms with Crippen molar-refractivity contribution in [1.29, 1.82) is 0 Å². The first-order valence-corrected chi connectivity index (χ1v) is 12.8. The lowest BCUT2D eigenvalue weighted by Gasteiger charge is -2.18. The molecule has 29 heavy (non-hydrogen) atoms. The molecule has 4 rings (SSSR count). The Morgan fingerprint density at radius 2 is 2.03 bits per heavy atom. The van der Waals surface area contributed by atoms with Crippen molar-refractivity contribution in [3.63, 3.8) is 0 Å². The molecule has 0 saturated carbocycles. The molecule has 0 bridgehead atoms. The van der Waals surface area contributed by atoms with Gasteiger partial charge >= 0.3 is 0 Å². The summed E-state index contributed by atoms with van der Waals surface area (Å²) in [5.41, 5.74) is 1.40. The SMILES string of the molecule is CC[C@H](C)n1c(SCCOc2ccc(Br)cc2)nc2sc3c(c2c1=O)CCCC3. The van der Waals surface area contributed by atoms with Gasteiger partial charge in [-0.3, -0.25) is 9.36 Å². The molecule has 0 fully saturated rings. The Kier molecular flexibility index (Phi) is 6.66. The van der Waals surface area contributed by atoms with Crippen molar-refractivity contribution in [2.75, 3.05) is 12.4 Å². The van der Waals surface area contributed by atoms with Crippen LogP contribution in [0.15, 0.2) is 38.7 Å². The number of aromatic nitrogens is 2. The van der Waals surface area contributed by atoms with Crippen LogP contribution in [0.2, 0.25) is 0 Å². The van der Waals surface area contributed by atoms with Crippen LogP contribution >= 0.6 is 39.0 Å². The minimum Gasteiger partial charge on any atom is -0.493 e. The quantitative estimate of drug-likeness (QED) is 0.222. The maximum Gasteiger partial charge on any atom is 0.263 e. The average molecular weight is 493 g/mol. The number of aryl methyl sites for hydroxylation is 2. The molecule has 2 heterocycles. The second-order valence-corrected chi connectivity index (χ2v) is 10.4. The first-order chi connectivity index (χ1) is 14.1. The fourth-order valence-electron chi connectivity index (χ4n) is 3.70. The summed E-state index contributed by atoms with van der Waals surface area (Å²) in [6.45, 7) is 4.80. The lowest BCUT2D eigenvalue weighted by Crippen LogP contribution is -2.26. The van der Waals surface area contributed by atoms with Crippen molar-refractivity contribution in [2.45, 2.75) is 57.1 Å². The molecule has 0 amide bonds. The van der Waals surface area contributed by atoms with Gasteiger partial charge in [-0.1, -0.05) is 34.6 Å². The molecule has 0 aliphatic heterocycles. The Morgan fingerprint density at radius 3 is 2.79 bits per heavy atom. The molecule has 0 saturated heterocycles. The van der Waals surface area contributed by atoms with E-state index in [1.54, 1.807) is 23.1 Å². The summed E-state index contributed by atoms with van der Waals surface area (Å²) in [5, 5.41) is 1.69. The van der Waals surface area contributed by atoms with Crippen molar-refractivity contribution in [3.8, 4) is 5.75 Å². The minimum atomic E-state index is 0.133. The highest BCUT2D eigenvalue weighted by Gasteiger charge is 2.23. The van der Waals surface area contributed by atoms with E-state index in [2.05, 4.69) is 29.8 Å². The zero-order valence-corrected chi connectivity index (χ0v) is 20.0. The first-order valence-electron chi connectivity index (χ1n) is 10.2. The van der Waals surface area contributed by atoms with Crippen LogP contribution in [0.1, 0.15) is 49.6 Å². The third-order valence-electron chi connectivity index (χ3n) is 5.42. The second-order valence-electron chi connectivity index (χ2n) is 7.37. The van der Waals surface area contributed by atoms with Crippen molar-refractivity contribution in [1.82, 2.24) is 9.55 Å². The zero-order chi connectivity index (χ0) is 20.4. The van der Waals surface area contributed by atoms with E-state index in [0.717, 1.165) is 50.6 Å². The van der Waals surface area contributed by atoms with Crippen LogP contribution in [0.5, 0.6) is 5.75 Å². The Labute approximate surface area is 187 Å². The molecule has 0 N–H and O–H groups in total. The van der Waals surface area contributed by atoms with Crippen molar-refractivity contribution >= 4 is 49.2 Å². The van der Waals surface area contributed by atoms with Gasteiger partial charge in [0.2, 0.25) is 0 Å². The summed E-state index contributed by atoms with van der Waals surface area (Å²) >= 11 is 6.77. The van der Waals surface area contributed by atoms with Gasteiger partial charge in [0.25, 0.3) is 5.56 Å². The molecule has 2 aromatic heterocycles. The molecule has 1 aliphatic rings. The summed E-state index contributed by atoms with van der Waals surface area (Å²) in [7, 11) is 0. The molecule has 1 aromatic carbocycles. The van der Waals surface area contributed by atoms with Gasteiger partial charge < -0.3 is 4.74 Å². The van der Waals surface area contributed by atoms with Crippen LogP contribution in [-0.4, -0.2) is 21.9 Å². The maximum atomic E-state index is 13.4. The fourth-order valence-corrected chi connectivity index (χ4v) is 6.18. The molecule has 7 heteroatoms. The van der Waals surface area contributed by atoms with Gasteiger partial charge in [0.05, 0.1) is 12.0 Å². The smallest absolute Gasteiger partial charge is 0.263 e. The van der Waals surface area contributed by atoms with E-state index < -0.39 is 0 Å². The second kappa shape index (κ2) is 9.23. The van der Waals surface area contributed by atoms with Crippen LogP contribution < -0.4 is 10.3 Å². The van der Waals surface area contributed by atoms with Crippen LogP contribution in [0.4, 0.5) is 0 Å². The first kappa shape index (κ1) is 20.9. The van der Waals surface area contributed by atoms with Crippen molar-refractivity contribution in [3.05, 3.63) is 49.5 Å². The predicted octanol–water partition coefficient (Wildman–Crippen LogP) is 6.24. The molecule has 4 nitrogen and oxygen atoms in total. The van der Waals surface area contributed by atoms with Gasteiger partial charge in [0.1, 0.15) is 10.6 Å². The van der Waals surface area contributed by atoms with Gasteiger partial charge in [-0.2, -0.15) is 0 Å². The van der Waals surface area contributed by atoms with Gasteiger partial charge in [-0.05, 0) is 68.9 Å². The highest BCUT2D eigenvalue weighted by atomic mass is 79.9. The number of thiophene rings is 1. The largest absolute Gasteiger partial charge is 0.493 e. The molecule has 1 aliphatic carbocycles. The minimum absolute atomic E-state index is 0.133. The number of hydrogen-bond acceptors (Lipinski definition) is 5. The van der Waals surface area contributed by atoms with Gasteiger partial charge in [-0.15, -0.1) is 11.3 Å². The molecule has 1 atom stereocenters. The van der Waals surface area contributed by atoms with Crippen molar-refractivity contribution in [2.24, 2.45) is 0 Å². The number of benzene rings is 1. The Balaban J connectivity index is 1.58. The van der Waals surface area contributed by atoms with Gasteiger partial charge in [0.15, 0.2) is 5.16 Å². The molecular formula is C22H25BrN2O2S2. The van der Waals surface area contributed by atoms with Crippen LogP contribution in [-0.2, 0) is 12.8 Å². The zero-order valence-electron chi connectivity index (χ0n) is 16.7. The number of hydrogen-bond donors (Lipinski definition) is 0. The Bertz CT molecular complexity index is 1060. The number of thioether (sulfide) groups is 1. The van der Waals surface area contributed by atoms with E-state index in [-0.39, 0.29) is 11.6 Å². The van der Waals surface area contributed by atoms with E-state index in [1.165, 1.54) is 23.3 Å². The van der Waals surface area contributed by atoms with Crippen LogP contribution in [0, 0.1) is 0 Å².